The minimum atomic E-state index is -0.256. The van der Waals surface area contributed by atoms with Crippen LogP contribution in [0.3, 0.4) is 0 Å². The molecule has 1 saturated heterocycles. The average molecular weight is 275 g/mol. The zero-order valence-electron chi connectivity index (χ0n) is 13.3. The molecule has 1 atom stereocenters. The van der Waals surface area contributed by atoms with Crippen LogP contribution in [-0.2, 0) is 15.7 Å². The summed E-state index contributed by atoms with van der Waals surface area (Å²) in [6, 6.07) is 6.07. The number of nitrogens with zero attached hydrogens (tertiary/aromatic N) is 1. The molecule has 1 aromatic rings. The quantitative estimate of drug-likeness (QED) is 0.764. The summed E-state index contributed by atoms with van der Waals surface area (Å²) in [6.07, 6.45) is 4.98. The van der Waals surface area contributed by atoms with E-state index in [2.05, 4.69) is 45.7 Å². The fraction of sp³-hybridized carbons (Fsp3) is 0.688. The number of aromatic nitrogens is 1. The summed E-state index contributed by atoms with van der Waals surface area (Å²) in [5.41, 5.74) is 0.599. The van der Waals surface area contributed by atoms with E-state index in [1.54, 1.807) is 0 Å². The Bertz CT molecular complexity index is 417. The third-order valence-electron chi connectivity index (χ3n) is 4.51. The van der Waals surface area contributed by atoms with Crippen LogP contribution in [0, 0.1) is 0 Å². The van der Waals surface area contributed by atoms with Crippen molar-refractivity contribution < 1.29 is 9.31 Å². The number of hydrogen-bond acceptors (Lipinski definition) is 3. The maximum atomic E-state index is 6.20. The van der Waals surface area contributed by atoms with Crippen LogP contribution in [-0.4, -0.2) is 23.3 Å². The molecule has 20 heavy (non-hydrogen) atoms. The molecule has 2 heterocycles. The van der Waals surface area contributed by atoms with Gasteiger partial charge in [0.2, 0.25) is 0 Å². The second-order valence-electron chi connectivity index (χ2n) is 6.70. The monoisotopic (exact) mass is 275 g/mol. The molecule has 0 spiro atoms. The van der Waals surface area contributed by atoms with Crippen LogP contribution in [0.2, 0.25) is 5.82 Å². The lowest BCUT2D eigenvalue weighted by Crippen LogP contribution is -2.41. The Balaban J connectivity index is 2.10. The molecule has 0 saturated carbocycles. The first-order chi connectivity index (χ1) is 9.36. The van der Waals surface area contributed by atoms with Gasteiger partial charge in [-0.15, -0.1) is 0 Å². The standard InChI is InChI=1S/C16H26BNO2/c1-6-9-13(12-14-10-7-8-11-18-14)17-19-15(2,3)16(4,5)20-17/h7-8,10-11,13H,6,9,12H2,1-5H3. The highest BCUT2D eigenvalue weighted by atomic mass is 16.7. The van der Waals surface area contributed by atoms with Crippen molar-refractivity contribution in [1.29, 1.82) is 0 Å². The molecule has 0 amide bonds. The van der Waals surface area contributed by atoms with E-state index < -0.39 is 0 Å². The van der Waals surface area contributed by atoms with Gasteiger partial charge in [-0.1, -0.05) is 25.8 Å². The Morgan fingerprint density at radius 2 is 1.80 bits per heavy atom. The van der Waals surface area contributed by atoms with Crippen molar-refractivity contribution in [2.45, 2.75) is 70.9 Å². The van der Waals surface area contributed by atoms with Crippen molar-refractivity contribution in [3.05, 3.63) is 30.1 Å². The Kier molecular flexibility index (Phi) is 4.55. The molecular formula is C16H26BNO2. The minimum absolute atomic E-state index is 0.137. The SMILES string of the molecule is CCCC(Cc1ccccn1)B1OC(C)(C)C(C)(C)O1. The van der Waals surface area contributed by atoms with Crippen molar-refractivity contribution in [3.63, 3.8) is 0 Å². The fourth-order valence-electron chi connectivity index (χ4n) is 2.57. The minimum Gasteiger partial charge on any atom is -0.403 e. The second kappa shape index (κ2) is 5.86. The van der Waals surface area contributed by atoms with Gasteiger partial charge in [-0.2, -0.15) is 0 Å². The molecule has 0 aliphatic carbocycles. The van der Waals surface area contributed by atoms with Crippen molar-refractivity contribution in [3.8, 4) is 0 Å². The van der Waals surface area contributed by atoms with E-state index in [0.717, 1.165) is 25.0 Å². The fourth-order valence-corrected chi connectivity index (χ4v) is 2.57. The van der Waals surface area contributed by atoms with Crippen LogP contribution in [0.5, 0.6) is 0 Å². The van der Waals surface area contributed by atoms with Crippen LogP contribution >= 0.6 is 0 Å². The molecular weight excluding hydrogens is 249 g/mol. The van der Waals surface area contributed by atoms with E-state index in [9.17, 15) is 0 Å². The van der Waals surface area contributed by atoms with Gasteiger partial charge in [0.05, 0.1) is 11.2 Å². The predicted octanol–water partition coefficient (Wildman–Crippen LogP) is 3.89. The zero-order chi connectivity index (χ0) is 14.8. The van der Waals surface area contributed by atoms with Gasteiger partial charge in [-0.25, -0.2) is 0 Å². The Morgan fingerprint density at radius 1 is 1.15 bits per heavy atom. The smallest absolute Gasteiger partial charge is 0.403 e. The molecule has 1 aromatic heterocycles. The van der Waals surface area contributed by atoms with Gasteiger partial charge < -0.3 is 9.31 Å². The summed E-state index contributed by atoms with van der Waals surface area (Å²) in [6.45, 7) is 10.6. The molecule has 1 fully saturated rings. The topological polar surface area (TPSA) is 31.4 Å². The van der Waals surface area contributed by atoms with Gasteiger partial charge in [0.1, 0.15) is 0 Å². The molecule has 0 radical (unpaired) electrons. The summed E-state index contributed by atoms with van der Waals surface area (Å²) >= 11 is 0. The molecule has 3 nitrogen and oxygen atoms in total. The van der Waals surface area contributed by atoms with E-state index in [1.165, 1.54) is 0 Å². The van der Waals surface area contributed by atoms with Crippen molar-refractivity contribution in [1.82, 2.24) is 4.98 Å². The Labute approximate surface area is 123 Å². The third kappa shape index (κ3) is 3.23. The molecule has 1 aliphatic heterocycles. The Hall–Kier alpha value is -0.865. The number of pyridine rings is 1. The number of rotatable bonds is 5. The third-order valence-corrected chi connectivity index (χ3v) is 4.51. The van der Waals surface area contributed by atoms with E-state index in [-0.39, 0.29) is 18.3 Å². The van der Waals surface area contributed by atoms with Gasteiger partial charge in [0, 0.05) is 11.9 Å². The van der Waals surface area contributed by atoms with Crippen LogP contribution in [0.1, 0.15) is 53.2 Å². The van der Waals surface area contributed by atoms with Crippen LogP contribution in [0.15, 0.2) is 24.4 Å². The first-order valence-electron chi connectivity index (χ1n) is 7.61. The highest BCUT2D eigenvalue weighted by Gasteiger charge is 2.53. The molecule has 0 aromatic carbocycles. The zero-order valence-corrected chi connectivity index (χ0v) is 13.3. The summed E-state index contributed by atoms with van der Waals surface area (Å²) in [5.74, 6) is 0.357. The summed E-state index contributed by atoms with van der Waals surface area (Å²) < 4.78 is 12.4. The first-order valence-corrected chi connectivity index (χ1v) is 7.61. The highest BCUT2D eigenvalue weighted by molar-refractivity contribution is 6.47. The molecule has 4 heteroatoms. The second-order valence-corrected chi connectivity index (χ2v) is 6.70. The summed E-state index contributed by atoms with van der Waals surface area (Å²) in [4.78, 5) is 4.43. The lowest BCUT2D eigenvalue weighted by molar-refractivity contribution is 0.00578. The first kappa shape index (κ1) is 15.5. The normalized spacial score (nSPS) is 21.9. The maximum absolute atomic E-state index is 6.20. The van der Waals surface area contributed by atoms with Crippen LogP contribution in [0.4, 0.5) is 0 Å². The molecule has 110 valence electrons. The predicted molar refractivity (Wildman–Crippen MR) is 82.7 cm³/mol. The molecule has 1 unspecified atom stereocenters. The van der Waals surface area contributed by atoms with Gasteiger partial charge in [0.25, 0.3) is 0 Å². The largest absolute Gasteiger partial charge is 0.461 e. The van der Waals surface area contributed by atoms with Crippen LogP contribution < -0.4 is 0 Å². The van der Waals surface area contributed by atoms with Gasteiger partial charge in [0.15, 0.2) is 0 Å². The van der Waals surface area contributed by atoms with Crippen molar-refractivity contribution in [2.75, 3.05) is 0 Å². The molecule has 0 bridgehead atoms. The van der Waals surface area contributed by atoms with Crippen molar-refractivity contribution in [2.24, 2.45) is 0 Å². The van der Waals surface area contributed by atoms with Gasteiger partial charge >= 0.3 is 7.12 Å². The van der Waals surface area contributed by atoms with E-state index in [0.29, 0.717) is 5.82 Å². The Morgan fingerprint density at radius 3 is 2.30 bits per heavy atom. The van der Waals surface area contributed by atoms with Gasteiger partial charge in [-0.05, 0) is 52.1 Å². The van der Waals surface area contributed by atoms with Crippen LogP contribution in [0.25, 0.3) is 0 Å². The lowest BCUT2D eigenvalue weighted by Gasteiger charge is -2.32. The highest BCUT2D eigenvalue weighted by Crippen LogP contribution is 2.41. The van der Waals surface area contributed by atoms with E-state index >= 15 is 0 Å². The summed E-state index contributed by atoms with van der Waals surface area (Å²) in [7, 11) is -0.137. The molecule has 2 rings (SSSR count). The van der Waals surface area contributed by atoms with E-state index in [4.69, 9.17) is 9.31 Å². The summed E-state index contributed by atoms with van der Waals surface area (Å²) in [5, 5.41) is 0. The maximum Gasteiger partial charge on any atom is 0.461 e. The number of hydrogen-bond donors (Lipinski definition) is 0. The van der Waals surface area contributed by atoms with Gasteiger partial charge in [-0.3, -0.25) is 4.98 Å². The average Bonchev–Trinajstić information content (AvgIpc) is 2.59. The lowest BCUT2D eigenvalue weighted by atomic mass is 9.67. The molecule has 0 N–H and O–H groups in total. The molecule has 1 aliphatic rings. The van der Waals surface area contributed by atoms with E-state index in [1.807, 2.05) is 18.3 Å². The van der Waals surface area contributed by atoms with Crippen molar-refractivity contribution >= 4 is 7.12 Å².